The fourth-order valence-corrected chi connectivity index (χ4v) is 2.05. The molecule has 0 aliphatic heterocycles. The number of carbonyl (C=O) groups is 2. The fraction of sp³-hybridized carbons (Fsp3) is 0.467. The van der Waals surface area contributed by atoms with Gasteiger partial charge in [0.2, 0.25) is 5.91 Å². The molecule has 5 nitrogen and oxygen atoms in total. The first kappa shape index (κ1) is 15.4. The van der Waals surface area contributed by atoms with Gasteiger partial charge in [-0.1, -0.05) is 6.07 Å². The number of benzene rings is 1. The van der Waals surface area contributed by atoms with Crippen LogP contribution in [0.3, 0.4) is 0 Å². The van der Waals surface area contributed by atoms with Crippen molar-refractivity contribution in [1.29, 1.82) is 0 Å². The highest BCUT2D eigenvalue weighted by atomic mass is 19.1. The van der Waals surface area contributed by atoms with Gasteiger partial charge < -0.3 is 10.1 Å². The zero-order valence-electron chi connectivity index (χ0n) is 12.2. The van der Waals surface area contributed by atoms with Crippen LogP contribution in [0.4, 0.5) is 4.39 Å². The zero-order valence-corrected chi connectivity index (χ0v) is 12.2. The van der Waals surface area contributed by atoms with Gasteiger partial charge in [0.1, 0.15) is 5.82 Å². The van der Waals surface area contributed by atoms with Crippen LogP contribution in [0.1, 0.15) is 28.8 Å². The van der Waals surface area contributed by atoms with Crippen molar-refractivity contribution in [1.82, 2.24) is 10.2 Å². The quantitative estimate of drug-likeness (QED) is 0.804. The lowest BCUT2D eigenvalue weighted by Gasteiger charge is -2.16. The Labute approximate surface area is 123 Å². The lowest BCUT2D eigenvalue weighted by atomic mass is 10.1. The van der Waals surface area contributed by atoms with Crippen LogP contribution in [0.5, 0.6) is 0 Å². The second kappa shape index (κ2) is 6.67. The van der Waals surface area contributed by atoms with E-state index in [1.165, 1.54) is 19.2 Å². The molecular formula is C15H19FN2O3. The number of rotatable bonds is 6. The van der Waals surface area contributed by atoms with E-state index < -0.39 is 11.8 Å². The molecule has 1 aliphatic carbocycles. The van der Waals surface area contributed by atoms with Gasteiger partial charge in [-0.3, -0.25) is 9.69 Å². The van der Waals surface area contributed by atoms with E-state index in [0.717, 1.165) is 12.8 Å². The van der Waals surface area contributed by atoms with Gasteiger partial charge >= 0.3 is 5.97 Å². The van der Waals surface area contributed by atoms with Crippen LogP contribution in [-0.4, -0.2) is 43.5 Å². The summed E-state index contributed by atoms with van der Waals surface area (Å²) >= 11 is 0. The maximum Gasteiger partial charge on any atom is 0.340 e. The molecule has 0 heterocycles. The number of amides is 1. The summed E-state index contributed by atoms with van der Waals surface area (Å²) in [6.07, 6.45) is 2.10. The average Bonchev–Trinajstić information content (AvgIpc) is 3.21. The third-order valence-electron chi connectivity index (χ3n) is 3.25. The van der Waals surface area contributed by atoms with Gasteiger partial charge in [0.05, 0.1) is 19.2 Å². The predicted octanol–water partition coefficient (Wildman–Crippen LogP) is 1.32. The van der Waals surface area contributed by atoms with E-state index in [1.54, 1.807) is 18.0 Å². The standard InChI is InChI=1S/C15H19FN2O3/c1-18(9-14(19)17-11-4-5-11)8-10-3-6-12(13(16)7-10)15(20)21-2/h3,6-7,11H,4-5,8-9H2,1-2H3,(H,17,19). The molecule has 0 bridgehead atoms. The second-order valence-electron chi connectivity index (χ2n) is 5.32. The minimum Gasteiger partial charge on any atom is -0.465 e. The van der Waals surface area contributed by atoms with Gasteiger partial charge in [-0.05, 0) is 37.6 Å². The van der Waals surface area contributed by atoms with Crippen molar-refractivity contribution >= 4 is 11.9 Å². The molecule has 1 amide bonds. The van der Waals surface area contributed by atoms with Crippen molar-refractivity contribution in [2.24, 2.45) is 0 Å². The van der Waals surface area contributed by atoms with Gasteiger partial charge in [-0.15, -0.1) is 0 Å². The van der Waals surface area contributed by atoms with Gasteiger partial charge in [-0.25, -0.2) is 9.18 Å². The van der Waals surface area contributed by atoms with Gasteiger partial charge in [-0.2, -0.15) is 0 Å². The Balaban J connectivity index is 1.90. The Morgan fingerprint density at radius 2 is 2.14 bits per heavy atom. The van der Waals surface area contributed by atoms with Gasteiger partial charge in [0.15, 0.2) is 0 Å². The minimum absolute atomic E-state index is 0.0216. The average molecular weight is 294 g/mol. The maximum absolute atomic E-state index is 13.8. The van der Waals surface area contributed by atoms with Gasteiger partial charge in [0, 0.05) is 12.6 Å². The molecule has 6 heteroatoms. The molecule has 0 spiro atoms. The van der Waals surface area contributed by atoms with Crippen LogP contribution in [0.15, 0.2) is 18.2 Å². The summed E-state index contributed by atoms with van der Waals surface area (Å²) in [6, 6.07) is 4.68. The number of ether oxygens (including phenoxy) is 1. The number of methoxy groups -OCH3 is 1. The molecule has 21 heavy (non-hydrogen) atoms. The molecule has 1 aliphatic rings. The third kappa shape index (κ3) is 4.53. The van der Waals surface area contributed by atoms with E-state index in [4.69, 9.17) is 0 Å². The van der Waals surface area contributed by atoms with Crippen molar-refractivity contribution < 1.29 is 18.7 Å². The molecule has 1 N–H and O–H groups in total. The summed E-state index contributed by atoms with van der Waals surface area (Å²) in [5.74, 6) is -1.34. The second-order valence-corrected chi connectivity index (χ2v) is 5.32. The molecule has 2 rings (SSSR count). The molecule has 1 aromatic carbocycles. The number of esters is 1. The number of hydrogen-bond donors (Lipinski definition) is 1. The Kier molecular flexibility index (Phi) is 4.90. The van der Waals surface area contributed by atoms with Crippen LogP contribution in [0.2, 0.25) is 0 Å². The van der Waals surface area contributed by atoms with Crippen LogP contribution in [0.25, 0.3) is 0 Å². The molecule has 0 saturated heterocycles. The predicted molar refractivity (Wildman–Crippen MR) is 75.2 cm³/mol. The first-order chi connectivity index (χ1) is 9.99. The number of likely N-dealkylation sites (N-methyl/N-ethyl adjacent to an activating group) is 1. The summed E-state index contributed by atoms with van der Waals surface area (Å²) in [6.45, 7) is 0.688. The molecule has 1 fully saturated rings. The van der Waals surface area contributed by atoms with E-state index in [1.807, 2.05) is 0 Å². The van der Waals surface area contributed by atoms with Crippen molar-refractivity contribution in [2.45, 2.75) is 25.4 Å². The highest BCUT2D eigenvalue weighted by Gasteiger charge is 2.23. The Morgan fingerprint density at radius 1 is 1.43 bits per heavy atom. The number of hydrogen-bond acceptors (Lipinski definition) is 4. The molecule has 1 saturated carbocycles. The zero-order chi connectivity index (χ0) is 15.4. The van der Waals surface area contributed by atoms with E-state index in [-0.39, 0.29) is 18.0 Å². The van der Waals surface area contributed by atoms with E-state index >= 15 is 0 Å². The van der Waals surface area contributed by atoms with Crippen molar-refractivity contribution in [3.63, 3.8) is 0 Å². The first-order valence-corrected chi connectivity index (χ1v) is 6.84. The van der Waals surface area contributed by atoms with Crippen LogP contribution in [-0.2, 0) is 16.1 Å². The number of nitrogens with one attached hydrogen (secondary N) is 1. The molecule has 114 valence electrons. The molecule has 1 aromatic rings. The van der Waals surface area contributed by atoms with Crippen LogP contribution < -0.4 is 5.32 Å². The number of nitrogens with zero attached hydrogens (tertiary/aromatic N) is 1. The van der Waals surface area contributed by atoms with Crippen LogP contribution in [0, 0.1) is 5.82 Å². The normalized spacial score (nSPS) is 14.1. The summed E-state index contributed by atoms with van der Waals surface area (Å²) < 4.78 is 18.3. The summed E-state index contributed by atoms with van der Waals surface area (Å²) in [5.41, 5.74) is 0.609. The maximum atomic E-state index is 13.8. The molecule has 0 radical (unpaired) electrons. The third-order valence-corrected chi connectivity index (χ3v) is 3.25. The number of carbonyl (C=O) groups excluding carboxylic acids is 2. The van der Waals surface area contributed by atoms with E-state index in [0.29, 0.717) is 18.2 Å². The summed E-state index contributed by atoms with van der Waals surface area (Å²) in [4.78, 5) is 24.7. The van der Waals surface area contributed by atoms with Gasteiger partial charge in [0.25, 0.3) is 0 Å². The molecule has 0 atom stereocenters. The SMILES string of the molecule is COC(=O)c1ccc(CN(C)CC(=O)NC2CC2)cc1F. The minimum atomic E-state index is -0.698. The van der Waals surface area contributed by atoms with Crippen LogP contribution >= 0.6 is 0 Å². The molecular weight excluding hydrogens is 275 g/mol. The van der Waals surface area contributed by atoms with Crippen molar-refractivity contribution in [3.8, 4) is 0 Å². The van der Waals surface area contributed by atoms with Crippen molar-refractivity contribution in [2.75, 3.05) is 20.7 Å². The largest absolute Gasteiger partial charge is 0.465 e. The van der Waals surface area contributed by atoms with E-state index in [2.05, 4.69) is 10.1 Å². The lowest BCUT2D eigenvalue weighted by molar-refractivity contribution is -0.122. The highest BCUT2D eigenvalue weighted by molar-refractivity contribution is 5.89. The topological polar surface area (TPSA) is 58.6 Å². The highest BCUT2D eigenvalue weighted by Crippen LogP contribution is 2.18. The van der Waals surface area contributed by atoms with E-state index in [9.17, 15) is 14.0 Å². The summed E-state index contributed by atoms with van der Waals surface area (Å²) in [5, 5.41) is 2.90. The fourth-order valence-electron chi connectivity index (χ4n) is 2.05. The Hall–Kier alpha value is -1.95. The molecule has 0 unspecified atom stereocenters. The Morgan fingerprint density at radius 3 is 2.71 bits per heavy atom. The number of halogens is 1. The first-order valence-electron chi connectivity index (χ1n) is 6.84. The molecule has 0 aromatic heterocycles. The summed E-state index contributed by atoms with van der Waals surface area (Å²) in [7, 11) is 3.00. The Bertz CT molecular complexity index is 544. The monoisotopic (exact) mass is 294 g/mol. The smallest absolute Gasteiger partial charge is 0.340 e. The lowest BCUT2D eigenvalue weighted by Crippen LogP contribution is -2.35. The van der Waals surface area contributed by atoms with Crippen molar-refractivity contribution in [3.05, 3.63) is 35.1 Å².